The topological polar surface area (TPSA) is 96.8 Å². The molecular weight excluding hydrogens is 382 g/mol. The van der Waals surface area contributed by atoms with Crippen molar-refractivity contribution in [3.8, 4) is 6.07 Å². The maximum atomic E-state index is 12.7. The van der Waals surface area contributed by atoms with Gasteiger partial charge in [-0.2, -0.15) is 5.26 Å². The van der Waals surface area contributed by atoms with E-state index >= 15 is 0 Å². The monoisotopic (exact) mass is 411 g/mol. The Labute approximate surface area is 177 Å². The first-order valence-electron chi connectivity index (χ1n) is 10.6. The zero-order valence-electron chi connectivity index (χ0n) is 17.3. The van der Waals surface area contributed by atoms with Gasteiger partial charge in [-0.1, -0.05) is 18.2 Å². The maximum Gasteiger partial charge on any atom is 0.234 e. The fraction of sp³-hybridized carbons (Fsp3) is 0.545. The molecule has 8 heteroatoms. The van der Waals surface area contributed by atoms with Gasteiger partial charge in [-0.25, -0.2) is 0 Å². The summed E-state index contributed by atoms with van der Waals surface area (Å²) in [7, 11) is 0. The maximum absolute atomic E-state index is 12.7. The molecule has 3 amide bonds. The van der Waals surface area contributed by atoms with Crippen LogP contribution >= 0.6 is 0 Å². The molecule has 2 fully saturated rings. The molecule has 1 aliphatic heterocycles. The summed E-state index contributed by atoms with van der Waals surface area (Å²) in [4.78, 5) is 42.6. The predicted molar refractivity (Wildman–Crippen MR) is 112 cm³/mol. The molecule has 0 aromatic heterocycles. The fourth-order valence-corrected chi connectivity index (χ4v) is 3.53. The first-order chi connectivity index (χ1) is 14.6. The SMILES string of the molecule is N#CCCN(C(=O)CCC(=O)N1CCN(CC(=O)NC2CC2)CC1)c1ccccc1. The molecule has 1 heterocycles. The van der Waals surface area contributed by atoms with Crippen LogP contribution in [0.5, 0.6) is 0 Å². The molecule has 0 radical (unpaired) electrons. The number of hydrogen-bond donors (Lipinski definition) is 1. The normalized spacial score (nSPS) is 16.6. The number of carbonyl (C=O) groups excluding carboxylic acids is 3. The minimum Gasteiger partial charge on any atom is -0.352 e. The van der Waals surface area contributed by atoms with E-state index in [0.29, 0.717) is 45.3 Å². The third-order valence-electron chi connectivity index (χ3n) is 5.40. The van der Waals surface area contributed by atoms with Crippen molar-refractivity contribution >= 4 is 23.4 Å². The predicted octanol–water partition coefficient (Wildman–Crippen LogP) is 1.14. The molecule has 3 rings (SSSR count). The van der Waals surface area contributed by atoms with E-state index in [1.54, 1.807) is 9.80 Å². The number of para-hydroxylation sites is 1. The van der Waals surface area contributed by atoms with Gasteiger partial charge in [0.1, 0.15) is 0 Å². The molecule has 8 nitrogen and oxygen atoms in total. The number of nitriles is 1. The highest BCUT2D eigenvalue weighted by atomic mass is 16.2. The second kappa shape index (κ2) is 10.7. The summed E-state index contributed by atoms with van der Waals surface area (Å²) < 4.78 is 0. The van der Waals surface area contributed by atoms with E-state index in [4.69, 9.17) is 5.26 Å². The summed E-state index contributed by atoms with van der Waals surface area (Å²) >= 11 is 0. The lowest BCUT2D eigenvalue weighted by molar-refractivity contribution is -0.135. The Balaban J connectivity index is 1.42. The van der Waals surface area contributed by atoms with Gasteiger partial charge in [-0.3, -0.25) is 19.3 Å². The van der Waals surface area contributed by atoms with Crippen molar-refractivity contribution in [2.45, 2.75) is 38.1 Å². The molecule has 30 heavy (non-hydrogen) atoms. The standard InChI is InChI=1S/C22H29N5O3/c23-11-4-12-27(19-5-2-1-3-6-19)22(30)10-9-21(29)26-15-13-25(14-16-26)17-20(28)24-18-7-8-18/h1-3,5-6,18H,4,7-10,12-17H2,(H,24,28). The molecule has 1 aliphatic carbocycles. The number of nitrogens with zero attached hydrogens (tertiary/aromatic N) is 4. The highest BCUT2D eigenvalue weighted by Crippen LogP contribution is 2.18. The number of nitrogens with one attached hydrogen (secondary N) is 1. The number of anilines is 1. The number of hydrogen-bond acceptors (Lipinski definition) is 5. The smallest absolute Gasteiger partial charge is 0.234 e. The Hall–Kier alpha value is -2.92. The molecule has 0 bridgehead atoms. The molecule has 1 saturated heterocycles. The van der Waals surface area contributed by atoms with Crippen LogP contribution in [0.4, 0.5) is 5.69 Å². The molecule has 0 unspecified atom stereocenters. The lowest BCUT2D eigenvalue weighted by Crippen LogP contribution is -2.51. The Morgan fingerprint density at radius 2 is 1.77 bits per heavy atom. The van der Waals surface area contributed by atoms with Gasteiger partial charge in [-0.05, 0) is 25.0 Å². The number of rotatable bonds is 9. The lowest BCUT2D eigenvalue weighted by atomic mass is 10.2. The van der Waals surface area contributed by atoms with E-state index in [9.17, 15) is 14.4 Å². The van der Waals surface area contributed by atoms with Crippen LogP contribution in [0.3, 0.4) is 0 Å². The van der Waals surface area contributed by atoms with Crippen LogP contribution < -0.4 is 10.2 Å². The Morgan fingerprint density at radius 3 is 2.40 bits per heavy atom. The molecule has 0 spiro atoms. The first kappa shape index (κ1) is 21.8. The zero-order chi connectivity index (χ0) is 21.3. The summed E-state index contributed by atoms with van der Waals surface area (Å²) in [5.41, 5.74) is 0.739. The highest BCUT2D eigenvalue weighted by molar-refractivity contribution is 5.95. The Bertz CT molecular complexity index is 780. The van der Waals surface area contributed by atoms with Gasteiger partial charge in [0.25, 0.3) is 0 Å². The quantitative estimate of drug-likeness (QED) is 0.657. The van der Waals surface area contributed by atoms with Crippen LogP contribution in [0.15, 0.2) is 30.3 Å². The largest absolute Gasteiger partial charge is 0.352 e. The number of piperazine rings is 1. The van der Waals surface area contributed by atoms with E-state index in [1.807, 2.05) is 30.3 Å². The summed E-state index contributed by atoms with van der Waals surface area (Å²) in [5.74, 6) is -0.139. The van der Waals surface area contributed by atoms with Crippen molar-refractivity contribution in [1.29, 1.82) is 5.26 Å². The molecular formula is C22H29N5O3. The van der Waals surface area contributed by atoms with E-state index in [0.717, 1.165) is 18.5 Å². The molecule has 1 N–H and O–H groups in total. The molecule has 1 aromatic carbocycles. The molecule has 0 atom stereocenters. The second-order valence-corrected chi connectivity index (χ2v) is 7.79. The number of amides is 3. The number of benzene rings is 1. The molecule has 1 aromatic rings. The van der Waals surface area contributed by atoms with Crippen molar-refractivity contribution in [1.82, 2.24) is 15.1 Å². The van der Waals surface area contributed by atoms with Gasteiger partial charge in [-0.15, -0.1) is 0 Å². The second-order valence-electron chi connectivity index (χ2n) is 7.79. The van der Waals surface area contributed by atoms with E-state index < -0.39 is 0 Å². The third kappa shape index (κ3) is 6.56. The molecule has 1 saturated carbocycles. The summed E-state index contributed by atoms with van der Waals surface area (Å²) in [6, 6.07) is 11.6. The average molecular weight is 412 g/mol. The Kier molecular flexibility index (Phi) is 7.80. The summed E-state index contributed by atoms with van der Waals surface area (Å²) in [5, 5.41) is 11.9. The van der Waals surface area contributed by atoms with Crippen LogP contribution in [-0.4, -0.2) is 72.8 Å². The van der Waals surface area contributed by atoms with Crippen molar-refractivity contribution in [3.05, 3.63) is 30.3 Å². The van der Waals surface area contributed by atoms with Crippen molar-refractivity contribution in [2.75, 3.05) is 44.2 Å². The average Bonchev–Trinajstić information content (AvgIpc) is 3.57. The minimum atomic E-state index is -0.153. The first-order valence-corrected chi connectivity index (χ1v) is 10.6. The van der Waals surface area contributed by atoms with Crippen LogP contribution in [0.2, 0.25) is 0 Å². The van der Waals surface area contributed by atoms with Crippen LogP contribution in [0.25, 0.3) is 0 Å². The van der Waals surface area contributed by atoms with E-state index in [-0.39, 0.29) is 37.0 Å². The Morgan fingerprint density at radius 1 is 1.07 bits per heavy atom. The lowest BCUT2D eigenvalue weighted by Gasteiger charge is -2.34. The van der Waals surface area contributed by atoms with E-state index in [1.165, 1.54) is 0 Å². The molecule has 160 valence electrons. The van der Waals surface area contributed by atoms with Gasteiger partial charge in [0, 0.05) is 57.3 Å². The third-order valence-corrected chi connectivity index (χ3v) is 5.40. The minimum absolute atomic E-state index is 0.0428. The summed E-state index contributed by atoms with van der Waals surface area (Å²) in [6.45, 7) is 3.16. The van der Waals surface area contributed by atoms with Gasteiger partial charge in [0.15, 0.2) is 0 Å². The molecule has 2 aliphatic rings. The van der Waals surface area contributed by atoms with Crippen molar-refractivity contribution in [3.63, 3.8) is 0 Å². The van der Waals surface area contributed by atoms with Gasteiger partial charge in [0.05, 0.1) is 19.0 Å². The van der Waals surface area contributed by atoms with Gasteiger partial charge < -0.3 is 15.1 Å². The van der Waals surface area contributed by atoms with Crippen molar-refractivity contribution < 1.29 is 14.4 Å². The van der Waals surface area contributed by atoms with E-state index in [2.05, 4.69) is 16.3 Å². The zero-order valence-corrected chi connectivity index (χ0v) is 17.3. The van der Waals surface area contributed by atoms with Crippen molar-refractivity contribution in [2.24, 2.45) is 0 Å². The van der Waals surface area contributed by atoms with Crippen LogP contribution in [0, 0.1) is 11.3 Å². The van der Waals surface area contributed by atoms with Crippen LogP contribution in [0.1, 0.15) is 32.1 Å². The van der Waals surface area contributed by atoms with Gasteiger partial charge in [0.2, 0.25) is 17.7 Å². The number of carbonyl (C=O) groups is 3. The fourth-order valence-electron chi connectivity index (χ4n) is 3.53. The van der Waals surface area contributed by atoms with Gasteiger partial charge >= 0.3 is 0 Å². The highest BCUT2D eigenvalue weighted by Gasteiger charge is 2.26. The van der Waals surface area contributed by atoms with Crippen LogP contribution in [-0.2, 0) is 14.4 Å². The summed E-state index contributed by atoms with van der Waals surface area (Å²) in [6.07, 6.45) is 2.65.